The summed E-state index contributed by atoms with van der Waals surface area (Å²) in [4.78, 5) is 0. The second-order valence-electron chi connectivity index (χ2n) is 3.39. The van der Waals surface area contributed by atoms with Crippen LogP contribution in [0.15, 0.2) is 21.2 Å². The summed E-state index contributed by atoms with van der Waals surface area (Å²) >= 11 is 7.59. The highest BCUT2D eigenvalue weighted by molar-refractivity contribution is 9.10. The minimum atomic E-state index is 0.762. The Morgan fingerprint density at radius 1 is 1.53 bits per heavy atom. The van der Waals surface area contributed by atoms with Crippen LogP contribution in [-0.2, 0) is 6.54 Å². The van der Waals surface area contributed by atoms with Gasteiger partial charge in [0.15, 0.2) is 0 Å². The highest BCUT2D eigenvalue weighted by Gasteiger charge is 2.13. The average Bonchev–Trinajstić information content (AvgIpc) is 2.66. The van der Waals surface area contributed by atoms with E-state index in [9.17, 15) is 0 Å². The van der Waals surface area contributed by atoms with E-state index in [0.717, 1.165) is 28.6 Å². The van der Waals surface area contributed by atoms with Gasteiger partial charge in [0, 0.05) is 29.1 Å². The van der Waals surface area contributed by atoms with Gasteiger partial charge in [-0.2, -0.15) is 23.5 Å². The zero-order valence-electron chi connectivity index (χ0n) is 8.37. The van der Waals surface area contributed by atoms with Gasteiger partial charge in [-0.05, 0) is 22.0 Å². The van der Waals surface area contributed by atoms with Gasteiger partial charge in [0.05, 0.1) is 17.3 Å². The third kappa shape index (κ3) is 3.73. The molecule has 2 rings (SSSR count). The lowest BCUT2D eigenvalue weighted by Gasteiger charge is -2.20. The standard InChI is InChI=1S/C10H14BrNOS2/c11-9-1-2-13-10(9)6-12-5-8-7-14-3-4-15-8/h1-2,8,12H,3-7H2. The second kappa shape index (κ2) is 6.23. The minimum Gasteiger partial charge on any atom is -0.467 e. The molecule has 15 heavy (non-hydrogen) atoms. The van der Waals surface area contributed by atoms with Crippen molar-refractivity contribution in [3.8, 4) is 0 Å². The van der Waals surface area contributed by atoms with E-state index >= 15 is 0 Å². The molecule has 2 nitrogen and oxygen atoms in total. The Morgan fingerprint density at radius 2 is 2.47 bits per heavy atom. The Labute approximate surface area is 107 Å². The summed E-state index contributed by atoms with van der Waals surface area (Å²) < 4.78 is 6.39. The minimum absolute atomic E-state index is 0.762. The molecule has 84 valence electrons. The molecule has 0 bridgehead atoms. The third-order valence-electron chi connectivity index (χ3n) is 2.23. The fraction of sp³-hybridized carbons (Fsp3) is 0.600. The summed E-state index contributed by atoms with van der Waals surface area (Å²) in [5, 5.41) is 4.20. The Morgan fingerprint density at radius 3 is 3.13 bits per heavy atom. The summed E-state index contributed by atoms with van der Waals surface area (Å²) in [5.74, 6) is 4.87. The summed E-state index contributed by atoms with van der Waals surface area (Å²) in [6.45, 7) is 1.89. The van der Waals surface area contributed by atoms with Crippen molar-refractivity contribution in [3.05, 3.63) is 22.6 Å². The lowest BCUT2D eigenvalue weighted by atomic mass is 10.4. The van der Waals surface area contributed by atoms with E-state index in [2.05, 4.69) is 44.8 Å². The largest absolute Gasteiger partial charge is 0.467 e. The van der Waals surface area contributed by atoms with E-state index in [4.69, 9.17) is 4.42 Å². The monoisotopic (exact) mass is 307 g/mol. The van der Waals surface area contributed by atoms with Crippen LogP contribution >= 0.6 is 39.5 Å². The molecule has 1 atom stereocenters. The van der Waals surface area contributed by atoms with E-state index in [0.29, 0.717) is 0 Å². The molecule has 2 heterocycles. The van der Waals surface area contributed by atoms with Gasteiger partial charge in [0.1, 0.15) is 5.76 Å². The molecule has 1 N–H and O–H groups in total. The molecule has 1 aromatic rings. The first-order valence-electron chi connectivity index (χ1n) is 4.98. The van der Waals surface area contributed by atoms with Gasteiger partial charge in [0.2, 0.25) is 0 Å². The molecule has 0 amide bonds. The first-order chi connectivity index (χ1) is 7.36. The topological polar surface area (TPSA) is 25.2 Å². The van der Waals surface area contributed by atoms with Crippen molar-refractivity contribution in [2.75, 3.05) is 23.8 Å². The predicted molar refractivity (Wildman–Crippen MR) is 71.7 cm³/mol. The molecular formula is C10H14BrNOS2. The molecule has 5 heteroatoms. The van der Waals surface area contributed by atoms with Crippen LogP contribution in [0.3, 0.4) is 0 Å². The number of halogens is 1. The van der Waals surface area contributed by atoms with Gasteiger partial charge in [-0.25, -0.2) is 0 Å². The van der Waals surface area contributed by atoms with Crippen molar-refractivity contribution in [2.24, 2.45) is 0 Å². The highest BCUT2D eigenvalue weighted by atomic mass is 79.9. The van der Waals surface area contributed by atoms with Crippen molar-refractivity contribution in [1.82, 2.24) is 5.32 Å². The van der Waals surface area contributed by atoms with E-state index in [-0.39, 0.29) is 0 Å². The fourth-order valence-electron chi connectivity index (χ4n) is 1.45. The fourth-order valence-corrected chi connectivity index (χ4v) is 4.44. The van der Waals surface area contributed by atoms with Crippen molar-refractivity contribution in [1.29, 1.82) is 0 Å². The molecule has 1 aromatic heterocycles. The first-order valence-corrected chi connectivity index (χ1v) is 7.98. The maximum Gasteiger partial charge on any atom is 0.131 e. The van der Waals surface area contributed by atoms with Crippen molar-refractivity contribution in [3.63, 3.8) is 0 Å². The van der Waals surface area contributed by atoms with E-state index < -0.39 is 0 Å². The highest BCUT2D eigenvalue weighted by Crippen LogP contribution is 2.23. The van der Waals surface area contributed by atoms with Gasteiger partial charge in [0.25, 0.3) is 0 Å². The number of rotatable bonds is 4. The molecule has 1 aliphatic heterocycles. The molecule has 0 aromatic carbocycles. The zero-order valence-corrected chi connectivity index (χ0v) is 11.6. The smallest absolute Gasteiger partial charge is 0.131 e. The van der Waals surface area contributed by atoms with Gasteiger partial charge < -0.3 is 9.73 Å². The third-order valence-corrected chi connectivity index (χ3v) is 5.79. The van der Waals surface area contributed by atoms with Crippen molar-refractivity contribution < 1.29 is 4.42 Å². The van der Waals surface area contributed by atoms with E-state index in [1.54, 1.807) is 6.26 Å². The van der Waals surface area contributed by atoms with Crippen LogP contribution in [0, 0.1) is 0 Å². The van der Waals surface area contributed by atoms with Gasteiger partial charge in [-0.3, -0.25) is 0 Å². The normalized spacial score (nSPS) is 21.8. The summed E-state index contributed by atoms with van der Waals surface area (Å²) in [5.41, 5.74) is 0. The molecule has 0 radical (unpaired) electrons. The molecule has 1 saturated heterocycles. The lowest BCUT2D eigenvalue weighted by molar-refractivity contribution is 0.482. The molecule has 1 aliphatic rings. The Bertz CT molecular complexity index is 299. The quantitative estimate of drug-likeness (QED) is 0.924. The van der Waals surface area contributed by atoms with Crippen molar-refractivity contribution >= 4 is 39.5 Å². The maximum absolute atomic E-state index is 5.33. The number of furan rings is 1. The number of hydrogen-bond donors (Lipinski definition) is 1. The molecule has 0 spiro atoms. The van der Waals surface area contributed by atoms with Crippen LogP contribution in [0.25, 0.3) is 0 Å². The zero-order chi connectivity index (χ0) is 10.5. The first kappa shape index (κ1) is 11.9. The lowest BCUT2D eigenvalue weighted by Crippen LogP contribution is -2.28. The van der Waals surface area contributed by atoms with Crippen LogP contribution in [0.2, 0.25) is 0 Å². The average molecular weight is 308 g/mol. The van der Waals surface area contributed by atoms with Gasteiger partial charge in [-0.1, -0.05) is 0 Å². The van der Waals surface area contributed by atoms with E-state index in [1.165, 1.54) is 17.3 Å². The van der Waals surface area contributed by atoms with Crippen LogP contribution < -0.4 is 5.32 Å². The number of thioether (sulfide) groups is 2. The summed E-state index contributed by atoms with van der Waals surface area (Å²) in [6, 6.07) is 1.93. The molecule has 0 aliphatic carbocycles. The SMILES string of the molecule is Brc1ccoc1CNCC1CSCCS1. The van der Waals surface area contributed by atoms with Crippen LogP contribution in [0.1, 0.15) is 5.76 Å². The Hall–Kier alpha value is 0.420. The van der Waals surface area contributed by atoms with Gasteiger partial charge >= 0.3 is 0 Å². The van der Waals surface area contributed by atoms with Crippen molar-refractivity contribution in [2.45, 2.75) is 11.8 Å². The number of hydrogen-bond acceptors (Lipinski definition) is 4. The van der Waals surface area contributed by atoms with Crippen LogP contribution in [-0.4, -0.2) is 29.1 Å². The van der Waals surface area contributed by atoms with Gasteiger partial charge in [-0.15, -0.1) is 0 Å². The van der Waals surface area contributed by atoms with E-state index in [1.807, 2.05) is 6.07 Å². The second-order valence-corrected chi connectivity index (χ2v) is 6.80. The van der Waals surface area contributed by atoms with Crippen LogP contribution in [0.5, 0.6) is 0 Å². The Kier molecular flexibility index (Phi) is 4.94. The summed E-state index contributed by atoms with van der Waals surface area (Å²) in [6.07, 6.45) is 1.71. The molecule has 1 fully saturated rings. The molecular weight excluding hydrogens is 294 g/mol. The molecule has 0 saturated carbocycles. The summed E-state index contributed by atoms with van der Waals surface area (Å²) in [7, 11) is 0. The maximum atomic E-state index is 5.33. The predicted octanol–water partition coefficient (Wildman–Crippen LogP) is 2.98. The molecule has 1 unspecified atom stereocenters. The number of nitrogens with one attached hydrogen (secondary N) is 1. The van der Waals surface area contributed by atoms with Crippen LogP contribution in [0.4, 0.5) is 0 Å². The Balaban J connectivity index is 1.68.